The van der Waals surface area contributed by atoms with Crippen molar-refractivity contribution in [2.75, 3.05) is 7.11 Å². The van der Waals surface area contributed by atoms with Gasteiger partial charge in [-0.25, -0.2) is 9.38 Å². The molecule has 0 aromatic heterocycles. The van der Waals surface area contributed by atoms with Crippen LogP contribution in [0.5, 0.6) is 11.5 Å². The number of nitrogens with one attached hydrogen (secondary N) is 1. The van der Waals surface area contributed by atoms with Gasteiger partial charge in [-0.1, -0.05) is 6.08 Å². The van der Waals surface area contributed by atoms with Gasteiger partial charge in [-0.05, 0) is 66.2 Å². The molecule has 138 valence electrons. The highest BCUT2D eigenvalue weighted by molar-refractivity contribution is 8.18. The number of amides is 1. The number of thioether (sulfide) groups is 1. The molecular formula is C20H17FN2O3S. The van der Waals surface area contributed by atoms with Crippen molar-refractivity contribution >= 4 is 34.6 Å². The number of methoxy groups -OCH3 is 1. The number of allylic oxidation sites excluding steroid dienone is 1. The molecule has 2 aromatic carbocycles. The van der Waals surface area contributed by atoms with E-state index in [-0.39, 0.29) is 17.5 Å². The maximum Gasteiger partial charge on any atom is 0.264 e. The Balaban J connectivity index is 1.89. The number of aliphatic imine (C=N–C) groups is 1. The van der Waals surface area contributed by atoms with Crippen LogP contribution < -0.4 is 10.1 Å². The SMILES string of the molecule is C=CCc1cc(C=C2SC(=Nc3ccc(F)cc3)NC2=O)cc(OC)c1O. The largest absolute Gasteiger partial charge is 0.504 e. The molecule has 2 aromatic rings. The van der Waals surface area contributed by atoms with Gasteiger partial charge in [0.25, 0.3) is 5.91 Å². The monoisotopic (exact) mass is 384 g/mol. The fraction of sp³-hybridized carbons (Fsp3) is 0.100. The molecule has 0 spiro atoms. The highest BCUT2D eigenvalue weighted by atomic mass is 32.2. The van der Waals surface area contributed by atoms with Gasteiger partial charge in [-0.2, -0.15) is 0 Å². The number of rotatable bonds is 5. The molecule has 1 heterocycles. The van der Waals surface area contributed by atoms with Crippen LogP contribution in [0.4, 0.5) is 10.1 Å². The third-order valence-corrected chi connectivity index (χ3v) is 4.68. The van der Waals surface area contributed by atoms with Crippen LogP contribution >= 0.6 is 11.8 Å². The molecule has 5 nitrogen and oxygen atoms in total. The van der Waals surface area contributed by atoms with Crippen LogP contribution in [-0.4, -0.2) is 23.3 Å². The number of carbonyl (C=O) groups excluding carboxylic acids is 1. The zero-order valence-electron chi connectivity index (χ0n) is 14.5. The Morgan fingerprint density at radius 3 is 2.74 bits per heavy atom. The van der Waals surface area contributed by atoms with Crippen LogP contribution in [0.25, 0.3) is 6.08 Å². The maximum absolute atomic E-state index is 13.0. The number of phenolic OH excluding ortho intramolecular Hbond substituents is 1. The van der Waals surface area contributed by atoms with Crippen molar-refractivity contribution in [3.8, 4) is 11.5 Å². The second kappa shape index (κ2) is 8.09. The maximum atomic E-state index is 13.0. The molecule has 2 N–H and O–H groups in total. The molecule has 7 heteroatoms. The van der Waals surface area contributed by atoms with E-state index in [0.29, 0.717) is 39.1 Å². The summed E-state index contributed by atoms with van der Waals surface area (Å²) in [6.45, 7) is 3.68. The summed E-state index contributed by atoms with van der Waals surface area (Å²) in [5.41, 5.74) is 1.90. The van der Waals surface area contributed by atoms with E-state index in [9.17, 15) is 14.3 Å². The number of hydrogen-bond donors (Lipinski definition) is 2. The minimum atomic E-state index is -0.348. The molecule has 0 unspecified atom stereocenters. The van der Waals surface area contributed by atoms with Crippen LogP contribution in [0, 0.1) is 5.82 Å². The van der Waals surface area contributed by atoms with Crippen molar-refractivity contribution in [3.05, 3.63) is 70.9 Å². The number of amidine groups is 1. The highest BCUT2D eigenvalue weighted by Gasteiger charge is 2.24. The van der Waals surface area contributed by atoms with Crippen molar-refractivity contribution in [1.82, 2.24) is 5.32 Å². The summed E-state index contributed by atoms with van der Waals surface area (Å²) in [7, 11) is 1.47. The smallest absolute Gasteiger partial charge is 0.264 e. The number of phenols is 1. The number of benzene rings is 2. The number of aromatic hydroxyl groups is 1. The molecule has 1 amide bonds. The van der Waals surface area contributed by atoms with E-state index >= 15 is 0 Å². The Kier molecular flexibility index (Phi) is 5.61. The minimum Gasteiger partial charge on any atom is -0.504 e. The standard InChI is InChI=1S/C20H17FN2O3S/c1-3-4-13-9-12(10-16(26-2)18(13)24)11-17-19(25)23-20(27-17)22-15-7-5-14(21)6-8-15/h3,5-11,24H,1,4H2,2H3,(H,22,23,25). The molecule has 0 bridgehead atoms. The Hall–Kier alpha value is -3.06. The predicted molar refractivity (Wildman–Crippen MR) is 106 cm³/mol. The van der Waals surface area contributed by atoms with E-state index in [0.717, 1.165) is 0 Å². The van der Waals surface area contributed by atoms with E-state index in [1.807, 2.05) is 0 Å². The Labute approximate surface area is 160 Å². The normalized spacial score (nSPS) is 16.6. The Morgan fingerprint density at radius 1 is 1.33 bits per heavy atom. The van der Waals surface area contributed by atoms with Crippen molar-refractivity contribution < 1.29 is 19.0 Å². The summed E-state index contributed by atoms with van der Waals surface area (Å²) < 4.78 is 18.2. The van der Waals surface area contributed by atoms with Crippen LogP contribution in [0.15, 0.2) is 59.0 Å². The lowest BCUT2D eigenvalue weighted by Crippen LogP contribution is -2.19. The van der Waals surface area contributed by atoms with E-state index in [2.05, 4.69) is 16.9 Å². The van der Waals surface area contributed by atoms with Crippen molar-refractivity contribution in [2.24, 2.45) is 4.99 Å². The summed E-state index contributed by atoms with van der Waals surface area (Å²) in [5.74, 6) is -0.246. The van der Waals surface area contributed by atoms with Gasteiger partial charge >= 0.3 is 0 Å². The van der Waals surface area contributed by atoms with Crippen LogP contribution in [0.1, 0.15) is 11.1 Å². The first kappa shape index (κ1) is 18.7. The van der Waals surface area contributed by atoms with Gasteiger partial charge in [0.2, 0.25) is 0 Å². The molecule has 1 aliphatic heterocycles. The molecule has 0 aliphatic carbocycles. The summed E-state index contributed by atoms with van der Waals surface area (Å²) in [6.07, 6.45) is 3.84. The fourth-order valence-electron chi connectivity index (χ4n) is 2.50. The molecule has 1 saturated heterocycles. The van der Waals surface area contributed by atoms with Gasteiger partial charge < -0.3 is 15.2 Å². The average molecular weight is 384 g/mol. The summed E-state index contributed by atoms with van der Waals surface area (Å²) in [6, 6.07) is 9.10. The summed E-state index contributed by atoms with van der Waals surface area (Å²) in [5, 5.41) is 13.3. The van der Waals surface area contributed by atoms with E-state index < -0.39 is 0 Å². The molecule has 1 aliphatic rings. The lowest BCUT2D eigenvalue weighted by atomic mass is 10.1. The second-order valence-corrected chi connectivity index (χ2v) is 6.71. The van der Waals surface area contributed by atoms with Gasteiger partial charge in [0.05, 0.1) is 17.7 Å². The van der Waals surface area contributed by atoms with Gasteiger partial charge in [-0.15, -0.1) is 6.58 Å². The Morgan fingerprint density at radius 2 is 2.07 bits per heavy atom. The topological polar surface area (TPSA) is 70.9 Å². The summed E-state index contributed by atoms with van der Waals surface area (Å²) in [4.78, 5) is 17.0. The molecule has 27 heavy (non-hydrogen) atoms. The second-order valence-electron chi connectivity index (χ2n) is 5.68. The third kappa shape index (κ3) is 4.38. The van der Waals surface area contributed by atoms with E-state index in [1.165, 1.54) is 43.1 Å². The van der Waals surface area contributed by atoms with Crippen LogP contribution in [0.3, 0.4) is 0 Å². The third-order valence-electron chi connectivity index (χ3n) is 3.77. The first-order valence-corrected chi connectivity index (χ1v) is 8.87. The quantitative estimate of drug-likeness (QED) is 0.600. The highest BCUT2D eigenvalue weighted by Crippen LogP contribution is 2.34. The van der Waals surface area contributed by atoms with Crippen LogP contribution in [0.2, 0.25) is 0 Å². The minimum absolute atomic E-state index is 0.0571. The van der Waals surface area contributed by atoms with Crippen LogP contribution in [-0.2, 0) is 11.2 Å². The lowest BCUT2D eigenvalue weighted by molar-refractivity contribution is -0.115. The van der Waals surface area contributed by atoms with Crippen molar-refractivity contribution in [2.45, 2.75) is 6.42 Å². The van der Waals surface area contributed by atoms with Crippen molar-refractivity contribution in [1.29, 1.82) is 0 Å². The lowest BCUT2D eigenvalue weighted by Gasteiger charge is -2.09. The zero-order chi connectivity index (χ0) is 19.4. The zero-order valence-corrected chi connectivity index (χ0v) is 15.3. The van der Waals surface area contributed by atoms with Gasteiger partial charge in [0.1, 0.15) is 5.82 Å². The first-order chi connectivity index (χ1) is 13.0. The molecule has 1 fully saturated rings. The van der Waals surface area contributed by atoms with Gasteiger partial charge in [-0.3, -0.25) is 4.79 Å². The summed E-state index contributed by atoms with van der Waals surface area (Å²) >= 11 is 1.18. The molecule has 0 atom stereocenters. The number of carbonyl (C=O) groups is 1. The van der Waals surface area contributed by atoms with Crippen molar-refractivity contribution in [3.63, 3.8) is 0 Å². The number of nitrogens with zero attached hydrogens (tertiary/aromatic N) is 1. The van der Waals surface area contributed by atoms with E-state index in [4.69, 9.17) is 4.74 Å². The molecule has 0 saturated carbocycles. The van der Waals surface area contributed by atoms with Gasteiger partial charge in [0, 0.05) is 5.56 Å². The number of ether oxygens (including phenoxy) is 1. The fourth-order valence-corrected chi connectivity index (χ4v) is 3.35. The first-order valence-electron chi connectivity index (χ1n) is 8.06. The average Bonchev–Trinajstić information content (AvgIpc) is 2.98. The predicted octanol–water partition coefficient (Wildman–Crippen LogP) is 4.16. The molecule has 3 rings (SSSR count). The van der Waals surface area contributed by atoms with Gasteiger partial charge in [0.15, 0.2) is 16.7 Å². The van der Waals surface area contributed by atoms with E-state index in [1.54, 1.807) is 24.3 Å². The molecular weight excluding hydrogens is 367 g/mol. The molecule has 0 radical (unpaired) electrons. The Bertz CT molecular complexity index is 952. The number of halogens is 1. The number of hydrogen-bond acceptors (Lipinski definition) is 5.